The Morgan fingerprint density at radius 1 is 0.871 bits per heavy atom. The second-order valence-electron chi connectivity index (χ2n) is 14.8. The van der Waals surface area contributed by atoms with Gasteiger partial charge < -0.3 is 41.0 Å². The number of halogens is 1. The third kappa shape index (κ3) is 12.2. The van der Waals surface area contributed by atoms with Crippen LogP contribution >= 0.6 is 11.6 Å². The summed E-state index contributed by atoms with van der Waals surface area (Å²) in [5.41, 5.74) is 4.25. The van der Waals surface area contributed by atoms with E-state index in [0.717, 1.165) is 21.1 Å². The number of carbonyl (C=O) groups excluding carboxylic acids is 8. The Bertz CT molecular complexity index is 2200. The number of anilines is 2. The molecule has 1 unspecified atom stereocenters. The highest BCUT2D eigenvalue weighted by molar-refractivity contribution is 6.31. The number of fused-ring (bicyclic) bond motifs is 1. The number of piperidine rings is 1. The minimum Gasteiger partial charge on any atom is -0.443 e. The summed E-state index contributed by atoms with van der Waals surface area (Å²) < 4.78 is 10.4. The molecule has 3 aromatic rings. The van der Waals surface area contributed by atoms with Gasteiger partial charge in [-0.2, -0.15) is 5.06 Å². The standard InChI is InChI=1S/C42H49ClN8O11/c1-24(2)36(53)46-26(4)37(54)47-30-11-7-27(8-12-30)22-61-42(59)51(60-5)17-16-44-41(58)62-23-50-35(52)15-14-34(39(50)56)49-21-29-18-28(9-13-32(29)38(49)55)20-45-40(57)48-31-10-6-25(3)33(43)19-31/h6-13,18-19,24,26,34H,14-17,20-23H2,1-5H3,(H,44,58)(H,46,53)(H,47,54)(H2,45,48,57)/t26-,34?/m0/s1. The van der Waals surface area contributed by atoms with Crippen LogP contribution in [0.15, 0.2) is 60.7 Å². The summed E-state index contributed by atoms with van der Waals surface area (Å²) in [6, 6.07) is 14.6. The largest absolute Gasteiger partial charge is 0.443 e. The number of hydrogen-bond acceptors (Lipinski definition) is 11. The molecule has 2 aliphatic rings. The monoisotopic (exact) mass is 876 g/mol. The molecule has 5 rings (SSSR count). The van der Waals surface area contributed by atoms with Crippen LogP contribution in [0.2, 0.25) is 5.02 Å². The molecule has 0 bridgehead atoms. The molecule has 19 nitrogen and oxygen atoms in total. The molecule has 0 radical (unpaired) electrons. The number of nitrogens with zero attached hydrogens (tertiary/aromatic N) is 3. The van der Waals surface area contributed by atoms with Gasteiger partial charge >= 0.3 is 18.2 Å². The number of nitrogens with one attached hydrogen (secondary N) is 5. The smallest absolute Gasteiger partial charge is 0.434 e. The van der Waals surface area contributed by atoms with E-state index in [-0.39, 0.29) is 63.4 Å². The molecule has 2 heterocycles. The zero-order valence-electron chi connectivity index (χ0n) is 34.9. The molecular formula is C42H49ClN8O11. The van der Waals surface area contributed by atoms with Crippen molar-refractivity contribution in [2.24, 2.45) is 5.92 Å². The number of benzene rings is 3. The Kier molecular flexibility index (Phi) is 15.8. The third-order valence-electron chi connectivity index (χ3n) is 9.94. The van der Waals surface area contributed by atoms with E-state index in [0.29, 0.717) is 33.1 Å². The maximum atomic E-state index is 13.5. The lowest BCUT2D eigenvalue weighted by molar-refractivity contribution is -0.156. The number of hydrogen-bond donors (Lipinski definition) is 5. The quantitative estimate of drug-likeness (QED) is 0.0998. The van der Waals surface area contributed by atoms with Gasteiger partial charge in [-0.3, -0.25) is 28.8 Å². The van der Waals surface area contributed by atoms with Crippen molar-refractivity contribution in [3.05, 3.63) is 93.5 Å². The highest BCUT2D eigenvalue weighted by atomic mass is 35.5. The molecule has 62 heavy (non-hydrogen) atoms. The van der Waals surface area contributed by atoms with Gasteiger partial charge in [0.25, 0.3) is 11.8 Å². The van der Waals surface area contributed by atoms with E-state index in [2.05, 4.69) is 26.6 Å². The molecule has 9 amide bonds. The van der Waals surface area contributed by atoms with Crippen molar-refractivity contribution in [2.45, 2.75) is 72.3 Å². The fourth-order valence-electron chi connectivity index (χ4n) is 6.32. The van der Waals surface area contributed by atoms with Crippen LogP contribution in [0.25, 0.3) is 0 Å². The zero-order chi connectivity index (χ0) is 45.1. The van der Waals surface area contributed by atoms with E-state index in [4.69, 9.17) is 25.9 Å². The first-order chi connectivity index (χ1) is 29.5. The molecule has 20 heteroatoms. The molecule has 1 saturated heterocycles. The number of ether oxygens (including phenoxy) is 2. The van der Waals surface area contributed by atoms with Gasteiger partial charge in [0.2, 0.25) is 17.7 Å². The van der Waals surface area contributed by atoms with Crippen molar-refractivity contribution in [1.82, 2.24) is 30.8 Å². The van der Waals surface area contributed by atoms with Crippen molar-refractivity contribution in [3.8, 4) is 0 Å². The molecule has 5 N–H and O–H groups in total. The van der Waals surface area contributed by atoms with Crippen LogP contribution < -0.4 is 26.6 Å². The van der Waals surface area contributed by atoms with Gasteiger partial charge in [-0.25, -0.2) is 19.3 Å². The molecule has 0 spiro atoms. The molecule has 0 aliphatic carbocycles. The number of amides is 9. The number of carbonyl (C=O) groups is 8. The normalized spacial score (nSPS) is 15.1. The van der Waals surface area contributed by atoms with E-state index in [1.165, 1.54) is 12.0 Å². The van der Waals surface area contributed by atoms with Crippen LogP contribution in [0.1, 0.15) is 66.2 Å². The van der Waals surface area contributed by atoms with Crippen molar-refractivity contribution in [2.75, 3.05) is 37.6 Å². The Morgan fingerprint density at radius 2 is 1.58 bits per heavy atom. The van der Waals surface area contributed by atoms with Gasteiger partial charge in [0.05, 0.1) is 13.7 Å². The van der Waals surface area contributed by atoms with Gasteiger partial charge in [-0.15, -0.1) is 0 Å². The fourth-order valence-corrected chi connectivity index (χ4v) is 6.50. The van der Waals surface area contributed by atoms with Crippen LogP contribution in [0.3, 0.4) is 0 Å². The molecule has 0 saturated carbocycles. The minimum absolute atomic E-state index is 0.0671. The average molecular weight is 877 g/mol. The van der Waals surface area contributed by atoms with Crippen LogP contribution in [0.4, 0.5) is 25.8 Å². The lowest BCUT2D eigenvalue weighted by Gasteiger charge is -2.34. The first-order valence-corrected chi connectivity index (χ1v) is 20.1. The summed E-state index contributed by atoms with van der Waals surface area (Å²) in [5.74, 6) is -2.56. The summed E-state index contributed by atoms with van der Waals surface area (Å²) >= 11 is 6.14. The molecule has 3 aromatic carbocycles. The van der Waals surface area contributed by atoms with Crippen LogP contribution in [0.5, 0.6) is 0 Å². The van der Waals surface area contributed by atoms with Crippen molar-refractivity contribution >= 4 is 70.7 Å². The second kappa shape index (κ2) is 21.2. The number of hydroxylamine groups is 2. The van der Waals surface area contributed by atoms with E-state index in [1.54, 1.807) is 81.4 Å². The third-order valence-corrected chi connectivity index (χ3v) is 10.3. The molecular weight excluding hydrogens is 828 g/mol. The van der Waals surface area contributed by atoms with E-state index < -0.39 is 54.8 Å². The highest BCUT2D eigenvalue weighted by Crippen LogP contribution is 2.30. The highest BCUT2D eigenvalue weighted by Gasteiger charge is 2.43. The molecule has 2 aliphatic heterocycles. The first-order valence-electron chi connectivity index (χ1n) is 19.7. The Labute approximate surface area is 362 Å². The molecule has 2 atom stereocenters. The van der Waals surface area contributed by atoms with Crippen molar-refractivity contribution in [1.29, 1.82) is 0 Å². The van der Waals surface area contributed by atoms with Crippen molar-refractivity contribution in [3.63, 3.8) is 0 Å². The predicted molar refractivity (Wildman–Crippen MR) is 224 cm³/mol. The lowest BCUT2D eigenvalue weighted by Crippen LogP contribution is -2.55. The summed E-state index contributed by atoms with van der Waals surface area (Å²) in [5, 5.41) is 14.6. The summed E-state index contributed by atoms with van der Waals surface area (Å²) in [7, 11) is 1.23. The summed E-state index contributed by atoms with van der Waals surface area (Å²) in [4.78, 5) is 109. The van der Waals surface area contributed by atoms with Crippen molar-refractivity contribution < 1.29 is 52.7 Å². The summed E-state index contributed by atoms with van der Waals surface area (Å²) in [6.45, 7) is 5.99. The van der Waals surface area contributed by atoms with Crippen LogP contribution in [-0.4, -0.2) is 102 Å². The molecule has 1 fully saturated rings. The number of likely N-dealkylation sites (tertiary alicyclic amines) is 1. The maximum Gasteiger partial charge on any atom is 0.434 e. The number of rotatable bonds is 16. The number of urea groups is 1. The fraction of sp³-hybridized carbons (Fsp3) is 0.381. The lowest BCUT2D eigenvalue weighted by atomic mass is 10.0. The number of aryl methyl sites for hydroxylation is 1. The minimum atomic E-state index is -0.983. The zero-order valence-corrected chi connectivity index (χ0v) is 35.6. The number of imide groups is 1. The van der Waals surface area contributed by atoms with Gasteiger partial charge in [0.15, 0.2) is 6.73 Å². The van der Waals surface area contributed by atoms with E-state index in [1.807, 2.05) is 6.92 Å². The van der Waals surface area contributed by atoms with Crippen LogP contribution in [0, 0.1) is 12.8 Å². The molecule has 330 valence electrons. The van der Waals surface area contributed by atoms with Crippen LogP contribution in [-0.2, 0) is 53.2 Å². The molecule has 0 aromatic heterocycles. The average Bonchev–Trinajstić information content (AvgIpc) is 3.56. The SMILES string of the molecule is CON(CCNC(=O)OCN1C(=O)CCC(N2Cc3cc(CNC(=O)Nc4ccc(C)c(Cl)c4)ccc3C2=O)C1=O)C(=O)OCc1ccc(NC(=O)[C@H](C)NC(=O)C(C)C)cc1. The topological polar surface area (TPSA) is 234 Å². The van der Waals surface area contributed by atoms with Gasteiger partial charge in [-0.05, 0) is 72.9 Å². The van der Waals surface area contributed by atoms with Gasteiger partial charge in [-0.1, -0.05) is 55.8 Å². The predicted octanol–water partition coefficient (Wildman–Crippen LogP) is 4.43. The maximum absolute atomic E-state index is 13.5. The van der Waals surface area contributed by atoms with Gasteiger partial charge in [0, 0.05) is 53.9 Å². The number of alkyl carbamates (subject to hydrolysis) is 1. The van der Waals surface area contributed by atoms with Gasteiger partial charge in [0.1, 0.15) is 18.7 Å². The first kappa shape index (κ1) is 46.3. The van der Waals surface area contributed by atoms with E-state index in [9.17, 15) is 38.4 Å². The van der Waals surface area contributed by atoms with E-state index >= 15 is 0 Å². The second-order valence-corrected chi connectivity index (χ2v) is 15.2. The summed E-state index contributed by atoms with van der Waals surface area (Å²) in [6.07, 6.45) is -1.82. The Hall–Kier alpha value is -6.73. The Balaban J connectivity index is 1.03. The Morgan fingerprint density at radius 3 is 2.27 bits per heavy atom.